The number of rotatable bonds is 5. The number of carboxylic acids is 1. The monoisotopic (exact) mass is 519 g/mol. The van der Waals surface area contributed by atoms with E-state index in [9.17, 15) is 14.7 Å². The molecule has 2 aromatic heterocycles. The van der Waals surface area contributed by atoms with Crippen LogP contribution in [-0.4, -0.2) is 27.0 Å². The van der Waals surface area contributed by atoms with Gasteiger partial charge in [0.15, 0.2) is 0 Å². The molecule has 5 rings (SSSR count). The Morgan fingerprint density at radius 2 is 1.91 bits per heavy atom. The van der Waals surface area contributed by atoms with Crippen molar-refractivity contribution in [2.75, 3.05) is 0 Å². The fourth-order valence-corrected chi connectivity index (χ4v) is 4.83. The van der Waals surface area contributed by atoms with Gasteiger partial charge in [0.2, 0.25) is 0 Å². The number of fused-ring (bicyclic) bond motifs is 1. The van der Waals surface area contributed by atoms with Crippen LogP contribution in [0.3, 0.4) is 0 Å². The average Bonchev–Trinajstić information content (AvgIpc) is 3.33. The predicted molar refractivity (Wildman–Crippen MR) is 134 cm³/mol. The molecule has 0 bridgehead atoms. The van der Waals surface area contributed by atoms with Crippen molar-refractivity contribution in [1.82, 2.24) is 9.66 Å². The first-order valence-corrected chi connectivity index (χ1v) is 12.0. The van der Waals surface area contributed by atoms with E-state index in [0.29, 0.717) is 33.8 Å². The Morgan fingerprint density at radius 1 is 1.12 bits per heavy atom. The second-order valence-corrected chi connectivity index (χ2v) is 9.30. The van der Waals surface area contributed by atoms with Gasteiger partial charge in [-0.3, -0.25) is 4.79 Å². The van der Waals surface area contributed by atoms with Crippen LogP contribution in [0.1, 0.15) is 60.0 Å². The smallest absolute Gasteiger partial charge is 0.336 e. The molecule has 1 aliphatic rings. The Morgan fingerprint density at radius 3 is 2.71 bits per heavy atom. The van der Waals surface area contributed by atoms with Crippen molar-refractivity contribution in [2.24, 2.45) is 5.10 Å². The molecule has 7 nitrogen and oxygen atoms in total. The molecule has 8 heteroatoms. The average molecular weight is 520 g/mol. The van der Waals surface area contributed by atoms with Crippen LogP contribution < -0.4 is 5.56 Å². The molecule has 4 aromatic rings. The van der Waals surface area contributed by atoms with E-state index in [4.69, 9.17) is 9.40 Å². The van der Waals surface area contributed by atoms with Gasteiger partial charge in [-0.25, -0.2) is 9.78 Å². The number of hydrogen-bond donors (Lipinski definition) is 1. The van der Waals surface area contributed by atoms with E-state index >= 15 is 0 Å². The Bertz CT molecular complexity index is 1460. The molecule has 0 aliphatic heterocycles. The van der Waals surface area contributed by atoms with Crippen LogP contribution >= 0.6 is 15.9 Å². The molecule has 0 saturated heterocycles. The van der Waals surface area contributed by atoms with Crippen molar-refractivity contribution in [3.05, 3.63) is 86.6 Å². The van der Waals surface area contributed by atoms with E-state index in [1.807, 2.05) is 12.1 Å². The van der Waals surface area contributed by atoms with Gasteiger partial charge in [-0.1, -0.05) is 53.4 Å². The van der Waals surface area contributed by atoms with Gasteiger partial charge >= 0.3 is 5.97 Å². The fraction of sp³-hybridized carbons (Fsp3) is 0.231. The predicted octanol–water partition coefficient (Wildman–Crippen LogP) is 6.05. The summed E-state index contributed by atoms with van der Waals surface area (Å²) in [6.07, 6.45) is 6.83. The van der Waals surface area contributed by atoms with Crippen LogP contribution in [0.15, 0.2) is 73.4 Å². The zero-order chi connectivity index (χ0) is 23.7. The molecule has 0 radical (unpaired) electrons. The van der Waals surface area contributed by atoms with E-state index in [2.05, 4.69) is 21.0 Å². The van der Waals surface area contributed by atoms with Crippen LogP contribution in [0.2, 0.25) is 0 Å². The maximum absolute atomic E-state index is 13.4. The summed E-state index contributed by atoms with van der Waals surface area (Å²) in [6.45, 7) is 0. The minimum absolute atomic E-state index is 0.153. The summed E-state index contributed by atoms with van der Waals surface area (Å²) in [4.78, 5) is 29.8. The van der Waals surface area contributed by atoms with Crippen molar-refractivity contribution in [3.63, 3.8) is 0 Å². The van der Waals surface area contributed by atoms with Crippen LogP contribution in [0.5, 0.6) is 0 Å². The summed E-state index contributed by atoms with van der Waals surface area (Å²) in [5.41, 5.74) is 1.06. The van der Waals surface area contributed by atoms with Crippen LogP contribution in [-0.2, 0) is 0 Å². The molecule has 1 saturated carbocycles. The second-order valence-electron chi connectivity index (χ2n) is 8.38. The maximum Gasteiger partial charge on any atom is 0.336 e. The maximum atomic E-state index is 13.4. The van der Waals surface area contributed by atoms with Gasteiger partial charge in [0.25, 0.3) is 5.56 Å². The summed E-state index contributed by atoms with van der Waals surface area (Å²) in [5.74, 6) is 0.630. The number of halogens is 1. The molecule has 2 aromatic carbocycles. The van der Waals surface area contributed by atoms with E-state index < -0.39 is 5.97 Å². The van der Waals surface area contributed by atoms with E-state index in [-0.39, 0.29) is 17.0 Å². The normalized spacial score (nSPS) is 14.7. The third-order valence-corrected chi connectivity index (χ3v) is 6.65. The lowest BCUT2D eigenvalue weighted by Gasteiger charge is -2.22. The number of furan rings is 1. The quantitative estimate of drug-likeness (QED) is 0.323. The van der Waals surface area contributed by atoms with Gasteiger partial charge in [-0.2, -0.15) is 9.78 Å². The number of aromatic carboxylic acids is 1. The molecular weight excluding hydrogens is 498 g/mol. The van der Waals surface area contributed by atoms with Crippen LogP contribution in [0.4, 0.5) is 0 Å². The summed E-state index contributed by atoms with van der Waals surface area (Å²) in [6, 6.07) is 15.5. The Hall–Kier alpha value is -3.52. The van der Waals surface area contributed by atoms with Gasteiger partial charge in [-0.05, 0) is 49.2 Å². The summed E-state index contributed by atoms with van der Waals surface area (Å²) >= 11 is 3.43. The third-order valence-electron chi connectivity index (χ3n) is 6.15. The number of hydrogen-bond acceptors (Lipinski definition) is 5. The highest BCUT2D eigenvalue weighted by Gasteiger charge is 2.22. The van der Waals surface area contributed by atoms with Crippen LogP contribution in [0, 0.1) is 0 Å². The zero-order valence-electron chi connectivity index (χ0n) is 18.3. The number of carboxylic acid groups (broad SMARTS) is 1. The molecule has 0 atom stereocenters. The van der Waals surface area contributed by atoms with Crippen molar-refractivity contribution >= 4 is 39.0 Å². The highest BCUT2D eigenvalue weighted by molar-refractivity contribution is 9.10. The molecule has 1 N–H and O–H groups in total. The Labute approximate surface area is 203 Å². The van der Waals surface area contributed by atoms with Gasteiger partial charge in [0.05, 0.1) is 22.7 Å². The number of carbonyl (C=O) groups is 1. The van der Waals surface area contributed by atoms with Crippen LogP contribution in [0.25, 0.3) is 22.2 Å². The standard InChI is InChI=1S/C26H22BrN3O4/c27-17-10-12-22-21(14-17)25(31)30(24(29-22)16-6-2-1-3-7-16)28-15-18-11-13-23(34-18)19-8-4-5-9-20(19)26(32)33/h4-5,8-16H,1-3,6-7H2,(H,32,33). The first-order chi connectivity index (χ1) is 16.5. The van der Waals surface area contributed by atoms with E-state index in [0.717, 1.165) is 30.2 Å². The molecule has 0 spiro atoms. The minimum atomic E-state index is -1.03. The van der Waals surface area contributed by atoms with Gasteiger partial charge in [0, 0.05) is 16.0 Å². The molecule has 1 aliphatic carbocycles. The van der Waals surface area contributed by atoms with Gasteiger partial charge in [0.1, 0.15) is 17.3 Å². The van der Waals surface area contributed by atoms with Crippen molar-refractivity contribution in [3.8, 4) is 11.3 Å². The lowest BCUT2D eigenvalue weighted by molar-refractivity contribution is 0.0697. The molecule has 172 valence electrons. The Balaban J connectivity index is 1.56. The van der Waals surface area contributed by atoms with E-state index in [1.165, 1.54) is 23.4 Å². The van der Waals surface area contributed by atoms with Crippen molar-refractivity contribution < 1.29 is 14.3 Å². The summed E-state index contributed by atoms with van der Waals surface area (Å²) in [5, 5.41) is 14.4. The third kappa shape index (κ3) is 4.33. The lowest BCUT2D eigenvalue weighted by Crippen LogP contribution is -2.25. The molecule has 0 unspecified atom stereocenters. The summed E-state index contributed by atoms with van der Waals surface area (Å²) < 4.78 is 8.04. The molecule has 0 amide bonds. The zero-order valence-corrected chi connectivity index (χ0v) is 19.9. The Kier molecular flexibility index (Phi) is 6.15. The fourth-order valence-electron chi connectivity index (χ4n) is 4.47. The molecular formula is C26H22BrN3O4. The first kappa shape index (κ1) is 22.3. The van der Waals surface area contributed by atoms with Gasteiger partial charge in [-0.15, -0.1) is 0 Å². The first-order valence-electron chi connectivity index (χ1n) is 11.2. The lowest BCUT2D eigenvalue weighted by atomic mass is 9.88. The highest BCUT2D eigenvalue weighted by atomic mass is 79.9. The second kappa shape index (κ2) is 9.38. The molecule has 34 heavy (non-hydrogen) atoms. The molecule has 1 fully saturated rings. The van der Waals surface area contributed by atoms with Crippen molar-refractivity contribution in [2.45, 2.75) is 38.0 Å². The van der Waals surface area contributed by atoms with Crippen molar-refractivity contribution in [1.29, 1.82) is 0 Å². The van der Waals surface area contributed by atoms with Gasteiger partial charge < -0.3 is 9.52 Å². The summed E-state index contributed by atoms with van der Waals surface area (Å²) in [7, 11) is 0. The minimum Gasteiger partial charge on any atom is -0.478 e. The SMILES string of the molecule is O=C(O)c1ccccc1-c1ccc(C=Nn2c(C3CCCCC3)nc3ccc(Br)cc3c2=O)o1. The largest absolute Gasteiger partial charge is 0.478 e. The number of benzene rings is 2. The van der Waals surface area contributed by atoms with E-state index in [1.54, 1.807) is 36.4 Å². The topological polar surface area (TPSA) is 97.7 Å². The molecule has 2 heterocycles. The highest BCUT2D eigenvalue weighted by Crippen LogP contribution is 2.32. The number of aromatic nitrogens is 2. The number of nitrogens with zero attached hydrogens (tertiary/aromatic N) is 3.